The Morgan fingerprint density at radius 2 is 2.10 bits per heavy atom. The van der Waals surface area contributed by atoms with Crippen LogP contribution in [0.4, 0.5) is 0 Å². The summed E-state index contributed by atoms with van der Waals surface area (Å²) in [5, 5.41) is 3.16. The van der Waals surface area contributed by atoms with Crippen molar-refractivity contribution in [2.45, 2.75) is 24.9 Å². The SMILES string of the molecule is COC(=O)[C@@H]1C[C@](C)(C(=O)OC)N[C@@H]1c1ccccn1. The summed E-state index contributed by atoms with van der Waals surface area (Å²) in [4.78, 5) is 28.1. The maximum atomic E-state index is 12.0. The number of rotatable bonds is 3. The molecular formula is C14H18N2O4. The fourth-order valence-corrected chi connectivity index (χ4v) is 2.64. The van der Waals surface area contributed by atoms with Gasteiger partial charge in [0, 0.05) is 6.20 Å². The van der Waals surface area contributed by atoms with Crippen LogP contribution >= 0.6 is 0 Å². The van der Waals surface area contributed by atoms with Crippen LogP contribution in [-0.4, -0.2) is 36.7 Å². The van der Waals surface area contributed by atoms with Crippen LogP contribution in [0, 0.1) is 5.92 Å². The zero-order chi connectivity index (χ0) is 14.8. The number of nitrogens with one attached hydrogen (secondary N) is 1. The average molecular weight is 278 g/mol. The molecule has 2 rings (SSSR count). The molecular weight excluding hydrogens is 260 g/mol. The lowest BCUT2D eigenvalue weighted by molar-refractivity contribution is -0.148. The van der Waals surface area contributed by atoms with Gasteiger partial charge in [0.25, 0.3) is 0 Å². The van der Waals surface area contributed by atoms with E-state index in [1.165, 1.54) is 14.2 Å². The van der Waals surface area contributed by atoms with Crippen LogP contribution in [0.15, 0.2) is 24.4 Å². The lowest BCUT2D eigenvalue weighted by Crippen LogP contribution is -2.46. The highest BCUT2D eigenvalue weighted by Crippen LogP contribution is 2.38. The largest absolute Gasteiger partial charge is 0.469 e. The van der Waals surface area contributed by atoms with E-state index in [0.29, 0.717) is 12.1 Å². The Hall–Kier alpha value is -1.95. The normalized spacial score (nSPS) is 28.9. The molecule has 1 aromatic rings. The molecule has 0 radical (unpaired) electrons. The average Bonchev–Trinajstić information content (AvgIpc) is 2.86. The Kier molecular flexibility index (Phi) is 4.04. The van der Waals surface area contributed by atoms with Gasteiger partial charge in [-0.25, -0.2) is 0 Å². The molecule has 1 saturated heterocycles. The molecule has 1 fully saturated rings. The summed E-state index contributed by atoms with van der Waals surface area (Å²) < 4.78 is 9.64. The lowest BCUT2D eigenvalue weighted by atomic mass is 9.91. The predicted molar refractivity (Wildman–Crippen MR) is 70.7 cm³/mol. The molecule has 0 bridgehead atoms. The number of ether oxygens (including phenoxy) is 2. The van der Waals surface area contributed by atoms with Crippen LogP contribution in [0.1, 0.15) is 25.1 Å². The van der Waals surface area contributed by atoms with E-state index >= 15 is 0 Å². The van der Waals surface area contributed by atoms with Crippen molar-refractivity contribution in [3.05, 3.63) is 30.1 Å². The van der Waals surface area contributed by atoms with Crippen LogP contribution in [0.3, 0.4) is 0 Å². The van der Waals surface area contributed by atoms with Gasteiger partial charge in [-0.15, -0.1) is 0 Å². The molecule has 0 aliphatic carbocycles. The molecule has 2 heterocycles. The second kappa shape index (κ2) is 5.58. The maximum absolute atomic E-state index is 12.0. The minimum absolute atomic E-state index is 0.313. The van der Waals surface area contributed by atoms with Gasteiger partial charge in [0.1, 0.15) is 5.54 Å². The number of hydrogen-bond donors (Lipinski definition) is 1. The van der Waals surface area contributed by atoms with E-state index in [0.717, 1.165) is 0 Å². The van der Waals surface area contributed by atoms with E-state index in [2.05, 4.69) is 10.3 Å². The van der Waals surface area contributed by atoms with Crippen molar-refractivity contribution in [3.63, 3.8) is 0 Å². The Labute approximate surface area is 117 Å². The predicted octanol–water partition coefficient (Wildman–Crippen LogP) is 0.837. The fourth-order valence-electron chi connectivity index (χ4n) is 2.64. The highest BCUT2D eigenvalue weighted by molar-refractivity contribution is 5.84. The number of hydrogen-bond acceptors (Lipinski definition) is 6. The van der Waals surface area contributed by atoms with Gasteiger partial charge < -0.3 is 9.47 Å². The van der Waals surface area contributed by atoms with Crippen molar-refractivity contribution >= 4 is 11.9 Å². The maximum Gasteiger partial charge on any atom is 0.325 e. The number of carbonyl (C=O) groups is 2. The molecule has 1 aliphatic heterocycles. The van der Waals surface area contributed by atoms with Gasteiger partial charge in [0.2, 0.25) is 0 Å². The van der Waals surface area contributed by atoms with E-state index < -0.39 is 17.4 Å². The number of methoxy groups -OCH3 is 2. The number of pyridine rings is 1. The molecule has 0 aromatic carbocycles. The first-order valence-corrected chi connectivity index (χ1v) is 6.36. The fraction of sp³-hybridized carbons (Fsp3) is 0.500. The summed E-state index contributed by atoms with van der Waals surface area (Å²) in [7, 11) is 2.67. The third-order valence-corrected chi connectivity index (χ3v) is 3.65. The Balaban J connectivity index is 2.33. The van der Waals surface area contributed by atoms with Gasteiger partial charge in [-0.05, 0) is 25.5 Å². The van der Waals surface area contributed by atoms with E-state index in [1.807, 2.05) is 12.1 Å². The first-order chi connectivity index (χ1) is 9.51. The van der Waals surface area contributed by atoms with Gasteiger partial charge in [0.15, 0.2) is 0 Å². The number of esters is 2. The summed E-state index contributed by atoms with van der Waals surface area (Å²) in [6.45, 7) is 1.72. The smallest absolute Gasteiger partial charge is 0.325 e. The highest BCUT2D eigenvalue weighted by Gasteiger charge is 2.51. The van der Waals surface area contributed by atoms with Crippen molar-refractivity contribution in [2.24, 2.45) is 5.92 Å². The number of nitrogens with zero attached hydrogens (tertiary/aromatic N) is 1. The quantitative estimate of drug-likeness (QED) is 0.825. The first-order valence-electron chi connectivity index (χ1n) is 6.36. The second-order valence-electron chi connectivity index (χ2n) is 5.03. The van der Waals surface area contributed by atoms with Gasteiger partial charge in [-0.3, -0.25) is 19.9 Å². The van der Waals surface area contributed by atoms with Gasteiger partial charge in [-0.1, -0.05) is 6.07 Å². The van der Waals surface area contributed by atoms with Crippen LogP contribution in [-0.2, 0) is 19.1 Å². The summed E-state index contributed by atoms with van der Waals surface area (Å²) in [6.07, 6.45) is 1.97. The van der Waals surface area contributed by atoms with Crippen molar-refractivity contribution < 1.29 is 19.1 Å². The molecule has 20 heavy (non-hydrogen) atoms. The van der Waals surface area contributed by atoms with Gasteiger partial charge >= 0.3 is 11.9 Å². The summed E-state index contributed by atoms with van der Waals surface area (Å²) in [6, 6.07) is 5.08. The number of aromatic nitrogens is 1. The first kappa shape index (κ1) is 14.5. The molecule has 0 amide bonds. The van der Waals surface area contributed by atoms with Crippen molar-refractivity contribution in [3.8, 4) is 0 Å². The van der Waals surface area contributed by atoms with E-state index in [1.54, 1.807) is 19.2 Å². The molecule has 1 aromatic heterocycles. The van der Waals surface area contributed by atoms with Crippen molar-refractivity contribution in [1.82, 2.24) is 10.3 Å². The summed E-state index contributed by atoms with van der Waals surface area (Å²) in [5.41, 5.74) is -0.217. The zero-order valence-corrected chi connectivity index (χ0v) is 11.8. The minimum atomic E-state index is -0.921. The Morgan fingerprint density at radius 1 is 1.35 bits per heavy atom. The molecule has 3 atom stereocenters. The second-order valence-corrected chi connectivity index (χ2v) is 5.03. The van der Waals surface area contributed by atoms with Crippen molar-refractivity contribution in [1.29, 1.82) is 0 Å². The standard InChI is InChI=1S/C14H18N2O4/c1-14(13(18)20-3)8-9(12(17)19-2)11(16-14)10-6-4-5-7-15-10/h4-7,9,11,16H,8H2,1-3H3/t9-,11+,14-/m1/s1. The monoisotopic (exact) mass is 278 g/mol. The van der Waals surface area contributed by atoms with Crippen LogP contribution < -0.4 is 5.32 Å². The summed E-state index contributed by atoms with van der Waals surface area (Å²) >= 11 is 0. The molecule has 1 N–H and O–H groups in total. The molecule has 0 unspecified atom stereocenters. The summed E-state index contributed by atoms with van der Waals surface area (Å²) in [5.74, 6) is -1.23. The van der Waals surface area contributed by atoms with Crippen LogP contribution in [0.2, 0.25) is 0 Å². The minimum Gasteiger partial charge on any atom is -0.469 e. The number of carbonyl (C=O) groups excluding carboxylic acids is 2. The van der Waals surface area contributed by atoms with E-state index in [9.17, 15) is 9.59 Å². The molecule has 0 spiro atoms. The molecule has 1 aliphatic rings. The molecule has 108 valence electrons. The van der Waals surface area contributed by atoms with Crippen molar-refractivity contribution in [2.75, 3.05) is 14.2 Å². The van der Waals surface area contributed by atoms with Gasteiger partial charge in [-0.2, -0.15) is 0 Å². The van der Waals surface area contributed by atoms with Crippen LogP contribution in [0.5, 0.6) is 0 Å². The third-order valence-electron chi connectivity index (χ3n) is 3.65. The van der Waals surface area contributed by atoms with E-state index in [-0.39, 0.29) is 12.0 Å². The Morgan fingerprint density at radius 3 is 2.65 bits per heavy atom. The molecule has 0 saturated carbocycles. The van der Waals surface area contributed by atoms with Gasteiger partial charge in [0.05, 0.1) is 31.9 Å². The third kappa shape index (κ3) is 2.51. The lowest BCUT2D eigenvalue weighted by Gasteiger charge is -2.22. The molecule has 6 heteroatoms. The van der Waals surface area contributed by atoms with Crippen LogP contribution in [0.25, 0.3) is 0 Å². The van der Waals surface area contributed by atoms with E-state index in [4.69, 9.17) is 9.47 Å². The Bertz CT molecular complexity index is 505. The topological polar surface area (TPSA) is 77.5 Å². The zero-order valence-electron chi connectivity index (χ0n) is 11.8. The highest BCUT2D eigenvalue weighted by atomic mass is 16.5. The molecule has 6 nitrogen and oxygen atoms in total.